The van der Waals surface area contributed by atoms with Gasteiger partial charge in [-0.2, -0.15) is 10.4 Å². The molecule has 5 nitrogen and oxygen atoms in total. The second-order valence-electron chi connectivity index (χ2n) is 6.11. The number of halogens is 4. The number of hydrogen-bond acceptors (Lipinski definition) is 4. The van der Waals surface area contributed by atoms with Crippen LogP contribution in [0, 0.1) is 17.1 Å². The van der Waals surface area contributed by atoms with E-state index in [-0.39, 0.29) is 33.7 Å². The zero-order valence-corrected chi connectivity index (χ0v) is 16.8. The molecule has 0 spiro atoms. The molecule has 4 rings (SSSR count). The lowest BCUT2D eigenvalue weighted by Crippen LogP contribution is -1.98. The van der Waals surface area contributed by atoms with E-state index in [0.29, 0.717) is 21.8 Å². The van der Waals surface area contributed by atoms with Crippen molar-refractivity contribution in [3.8, 4) is 17.6 Å². The quantitative estimate of drug-likeness (QED) is 0.372. The molecule has 0 fully saturated rings. The van der Waals surface area contributed by atoms with Crippen molar-refractivity contribution in [3.63, 3.8) is 0 Å². The van der Waals surface area contributed by atoms with Crippen molar-refractivity contribution >= 4 is 45.7 Å². The SMILES string of the molecule is N#Cc1cc(Cl)cc(Oc2c(Cl)ccc(Cc3n[nH]c4c(Cl)nccc34)c2F)c1. The van der Waals surface area contributed by atoms with E-state index >= 15 is 4.39 Å². The van der Waals surface area contributed by atoms with E-state index in [2.05, 4.69) is 15.2 Å². The van der Waals surface area contributed by atoms with E-state index in [9.17, 15) is 0 Å². The van der Waals surface area contributed by atoms with Crippen LogP contribution in [0.2, 0.25) is 15.2 Å². The summed E-state index contributed by atoms with van der Waals surface area (Å²) in [6, 6.07) is 11.2. The van der Waals surface area contributed by atoms with Crippen molar-refractivity contribution in [2.75, 3.05) is 0 Å². The van der Waals surface area contributed by atoms with Crippen LogP contribution in [0.1, 0.15) is 16.8 Å². The number of hydrogen-bond donors (Lipinski definition) is 1. The number of ether oxygens (including phenoxy) is 1. The van der Waals surface area contributed by atoms with Crippen LogP contribution in [0.4, 0.5) is 4.39 Å². The molecule has 0 amide bonds. The fraction of sp³-hybridized carbons (Fsp3) is 0.0500. The molecule has 0 aliphatic rings. The molecule has 0 saturated carbocycles. The van der Waals surface area contributed by atoms with E-state index < -0.39 is 5.82 Å². The van der Waals surface area contributed by atoms with Crippen LogP contribution in [0.25, 0.3) is 10.9 Å². The van der Waals surface area contributed by atoms with Gasteiger partial charge in [-0.05, 0) is 35.9 Å². The van der Waals surface area contributed by atoms with Crippen LogP contribution < -0.4 is 4.74 Å². The van der Waals surface area contributed by atoms with Crippen molar-refractivity contribution in [3.05, 3.63) is 80.4 Å². The summed E-state index contributed by atoms with van der Waals surface area (Å²) in [4.78, 5) is 3.99. The predicted octanol–water partition coefficient (Wildman–Crippen LogP) is 6.31. The largest absolute Gasteiger partial charge is 0.453 e. The number of aromatic amines is 1. The van der Waals surface area contributed by atoms with Gasteiger partial charge in [-0.3, -0.25) is 5.10 Å². The zero-order valence-electron chi connectivity index (χ0n) is 14.5. The standard InChI is InChI=1S/C20H10Cl3FN4O/c21-12-5-10(9-25)6-13(8-12)29-19-15(22)2-1-11(17(19)24)7-16-14-3-4-26-20(23)18(14)28-27-16/h1-6,8H,7H2,(H,27,28). The number of nitrogens with one attached hydrogen (secondary N) is 1. The number of nitrogens with zero attached hydrogens (tertiary/aromatic N) is 3. The van der Waals surface area contributed by atoms with Crippen LogP contribution in [0.15, 0.2) is 42.6 Å². The van der Waals surface area contributed by atoms with Crippen molar-refractivity contribution in [2.45, 2.75) is 6.42 Å². The summed E-state index contributed by atoms with van der Waals surface area (Å²) >= 11 is 18.2. The summed E-state index contributed by atoms with van der Waals surface area (Å²) in [5.41, 5.74) is 1.80. The second-order valence-corrected chi connectivity index (χ2v) is 7.31. The molecule has 144 valence electrons. The third kappa shape index (κ3) is 3.85. The number of benzene rings is 2. The topological polar surface area (TPSA) is 74.6 Å². The summed E-state index contributed by atoms with van der Waals surface area (Å²) in [6.45, 7) is 0. The zero-order chi connectivity index (χ0) is 20.5. The van der Waals surface area contributed by atoms with Crippen molar-refractivity contribution < 1.29 is 9.13 Å². The van der Waals surface area contributed by atoms with Gasteiger partial charge >= 0.3 is 0 Å². The van der Waals surface area contributed by atoms with Gasteiger partial charge in [-0.15, -0.1) is 0 Å². The molecule has 0 saturated heterocycles. The minimum Gasteiger partial charge on any atom is -0.453 e. The fourth-order valence-corrected chi connectivity index (χ4v) is 3.50. The summed E-state index contributed by atoms with van der Waals surface area (Å²) in [6.07, 6.45) is 1.74. The highest BCUT2D eigenvalue weighted by atomic mass is 35.5. The van der Waals surface area contributed by atoms with E-state index in [4.69, 9.17) is 44.8 Å². The maximum atomic E-state index is 15.2. The summed E-state index contributed by atoms with van der Waals surface area (Å²) in [5, 5.41) is 17.5. The lowest BCUT2D eigenvalue weighted by Gasteiger charge is -2.12. The number of fused-ring (bicyclic) bond motifs is 1. The molecule has 2 aromatic heterocycles. The maximum absolute atomic E-state index is 15.2. The number of rotatable bonds is 4. The van der Waals surface area contributed by atoms with Crippen molar-refractivity contribution in [2.24, 2.45) is 0 Å². The molecule has 0 unspecified atom stereocenters. The van der Waals surface area contributed by atoms with Gasteiger partial charge in [0, 0.05) is 23.0 Å². The van der Waals surface area contributed by atoms with Gasteiger partial charge in [-0.25, -0.2) is 9.37 Å². The number of aromatic nitrogens is 3. The first-order valence-electron chi connectivity index (χ1n) is 8.29. The molecule has 9 heteroatoms. The molecule has 29 heavy (non-hydrogen) atoms. The Morgan fingerprint density at radius 3 is 2.76 bits per heavy atom. The van der Waals surface area contributed by atoms with Crippen LogP contribution in [0.3, 0.4) is 0 Å². The number of nitriles is 1. The molecular weight excluding hydrogens is 438 g/mol. The normalized spacial score (nSPS) is 10.9. The van der Waals surface area contributed by atoms with Gasteiger partial charge in [0.25, 0.3) is 0 Å². The lowest BCUT2D eigenvalue weighted by molar-refractivity contribution is 0.439. The van der Waals surface area contributed by atoms with E-state index in [1.54, 1.807) is 18.3 Å². The lowest BCUT2D eigenvalue weighted by atomic mass is 10.1. The van der Waals surface area contributed by atoms with Crippen LogP contribution in [-0.4, -0.2) is 15.2 Å². The molecule has 1 N–H and O–H groups in total. The van der Waals surface area contributed by atoms with Gasteiger partial charge in [0.15, 0.2) is 16.7 Å². The molecule has 2 aromatic carbocycles. The first-order chi connectivity index (χ1) is 14.0. The Labute approximate surface area is 179 Å². The smallest absolute Gasteiger partial charge is 0.181 e. The van der Waals surface area contributed by atoms with Crippen molar-refractivity contribution in [1.29, 1.82) is 5.26 Å². The molecule has 0 aliphatic carbocycles. The highest BCUT2D eigenvalue weighted by molar-refractivity contribution is 6.33. The van der Waals surface area contributed by atoms with Crippen molar-refractivity contribution in [1.82, 2.24) is 15.2 Å². The molecule has 0 aliphatic heterocycles. The fourth-order valence-electron chi connectivity index (χ4n) is 2.89. The minimum atomic E-state index is -0.632. The second kappa shape index (κ2) is 7.88. The van der Waals surface area contributed by atoms with Gasteiger partial charge in [0.1, 0.15) is 11.3 Å². The summed E-state index contributed by atoms with van der Waals surface area (Å²) in [5.74, 6) is -0.586. The van der Waals surface area contributed by atoms with Gasteiger partial charge in [0.05, 0.1) is 22.3 Å². The third-order valence-corrected chi connectivity index (χ3v) is 5.03. The molecule has 4 aromatic rings. The van der Waals surface area contributed by atoms with Gasteiger partial charge in [-0.1, -0.05) is 40.9 Å². The predicted molar refractivity (Wildman–Crippen MR) is 109 cm³/mol. The van der Waals surface area contributed by atoms with Crippen LogP contribution in [0.5, 0.6) is 11.5 Å². The Hall–Kier alpha value is -2.85. The molecule has 2 heterocycles. The van der Waals surface area contributed by atoms with E-state index in [0.717, 1.165) is 5.39 Å². The Balaban J connectivity index is 1.71. The Morgan fingerprint density at radius 1 is 1.14 bits per heavy atom. The number of pyridine rings is 1. The number of H-pyrrole nitrogens is 1. The molecule has 0 radical (unpaired) electrons. The molecule has 0 bridgehead atoms. The highest BCUT2D eigenvalue weighted by Crippen LogP contribution is 2.36. The van der Waals surface area contributed by atoms with Gasteiger partial charge < -0.3 is 4.74 Å². The first kappa shape index (κ1) is 19.5. The van der Waals surface area contributed by atoms with Crippen LogP contribution in [-0.2, 0) is 6.42 Å². The minimum absolute atomic E-state index is 0.0869. The van der Waals surface area contributed by atoms with Crippen LogP contribution >= 0.6 is 34.8 Å². The van der Waals surface area contributed by atoms with Gasteiger partial charge in [0.2, 0.25) is 0 Å². The molecular formula is C20H10Cl3FN4O. The summed E-state index contributed by atoms with van der Waals surface area (Å²) in [7, 11) is 0. The third-order valence-electron chi connectivity index (χ3n) is 4.23. The van der Waals surface area contributed by atoms with E-state index in [1.165, 1.54) is 24.3 Å². The average Bonchev–Trinajstić information content (AvgIpc) is 3.11. The molecule has 0 atom stereocenters. The monoisotopic (exact) mass is 446 g/mol. The van der Waals surface area contributed by atoms with E-state index in [1.807, 2.05) is 6.07 Å². The Bertz CT molecular complexity index is 1280. The average molecular weight is 448 g/mol. The summed E-state index contributed by atoms with van der Waals surface area (Å²) < 4.78 is 20.8. The first-order valence-corrected chi connectivity index (χ1v) is 9.42. The Kier molecular flexibility index (Phi) is 5.29. The maximum Gasteiger partial charge on any atom is 0.181 e. The Morgan fingerprint density at radius 2 is 1.97 bits per heavy atom. The highest BCUT2D eigenvalue weighted by Gasteiger charge is 2.18.